The Balaban J connectivity index is 0.000000461. The van der Waals surface area contributed by atoms with Crippen LogP contribution in [0.25, 0.3) is 0 Å². The lowest BCUT2D eigenvalue weighted by molar-refractivity contribution is 1.50. The summed E-state index contributed by atoms with van der Waals surface area (Å²) in [5.41, 5.74) is 6.92. The summed E-state index contributed by atoms with van der Waals surface area (Å²) in [5, 5.41) is 0. The van der Waals surface area contributed by atoms with Crippen molar-refractivity contribution < 1.29 is 0 Å². The van der Waals surface area contributed by atoms with E-state index in [-0.39, 0.29) is 0 Å². The smallest absolute Gasteiger partial charge is 0.0851 e. The highest BCUT2D eigenvalue weighted by Crippen LogP contribution is 2.18. The molecule has 1 aromatic rings. The number of anilines is 1. The number of nitrogens with zero attached hydrogens (tertiary/aromatic N) is 1. The van der Waals surface area contributed by atoms with Crippen LogP contribution in [0.15, 0.2) is 29.3 Å². The maximum Gasteiger partial charge on any atom is 0.0851 e. The Labute approximate surface area is 67.8 Å². The van der Waals surface area contributed by atoms with Gasteiger partial charge < -0.3 is 5.73 Å². The SMILES string of the molecule is C=Nc1ccccc1N.CC. The van der Waals surface area contributed by atoms with Crippen molar-refractivity contribution in [3.8, 4) is 0 Å². The lowest BCUT2D eigenvalue weighted by Gasteiger charge is -1.94. The average molecular weight is 150 g/mol. The third kappa shape index (κ3) is 2.85. The minimum Gasteiger partial charge on any atom is -0.397 e. The topological polar surface area (TPSA) is 38.4 Å². The van der Waals surface area contributed by atoms with Crippen molar-refractivity contribution in [2.75, 3.05) is 5.73 Å². The largest absolute Gasteiger partial charge is 0.397 e. The zero-order valence-corrected chi connectivity index (χ0v) is 7.04. The Morgan fingerprint density at radius 3 is 2.18 bits per heavy atom. The molecule has 0 aliphatic heterocycles. The highest BCUT2D eigenvalue weighted by molar-refractivity contribution is 5.64. The fraction of sp³-hybridized carbons (Fsp3) is 0.222. The summed E-state index contributed by atoms with van der Waals surface area (Å²) < 4.78 is 0. The second-order valence-corrected chi connectivity index (χ2v) is 1.72. The third-order valence-electron chi connectivity index (χ3n) is 1.11. The van der Waals surface area contributed by atoms with E-state index >= 15 is 0 Å². The second kappa shape index (κ2) is 5.47. The van der Waals surface area contributed by atoms with Gasteiger partial charge in [0.15, 0.2) is 0 Å². The number of aliphatic imine (C=N–C) groups is 1. The van der Waals surface area contributed by atoms with E-state index < -0.39 is 0 Å². The Morgan fingerprint density at radius 2 is 1.82 bits per heavy atom. The van der Waals surface area contributed by atoms with Gasteiger partial charge in [-0.25, -0.2) is 0 Å². The zero-order valence-electron chi connectivity index (χ0n) is 7.04. The maximum absolute atomic E-state index is 5.50. The van der Waals surface area contributed by atoms with Crippen molar-refractivity contribution in [3.05, 3.63) is 24.3 Å². The molecule has 0 bridgehead atoms. The van der Waals surface area contributed by atoms with Crippen LogP contribution in [0, 0.1) is 0 Å². The molecule has 0 saturated heterocycles. The van der Waals surface area contributed by atoms with Crippen molar-refractivity contribution in [1.29, 1.82) is 0 Å². The van der Waals surface area contributed by atoms with Gasteiger partial charge in [0, 0.05) is 0 Å². The number of nitrogen functional groups attached to an aromatic ring is 1. The summed E-state index contributed by atoms with van der Waals surface area (Å²) in [6, 6.07) is 7.36. The number of para-hydroxylation sites is 2. The van der Waals surface area contributed by atoms with Gasteiger partial charge in [-0.1, -0.05) is 26.0 Å². The molecule has 2 heteroatoms. The van der Waals surface area contributed by atoms with Gasteiger partial charge in [0.05, 0.1) is 11.4 Å². The van der Waals surface area contributed by atoms with Crippen LogP contribution >= 0.6 is 0 Å². The van der Waals surface area contributed by atoms with Crippen LogP contribution in [0.1, 0.15) is 13.8 Å². The molecule has 0 amide bonds. The van der Waals surface area contributed by atoms with Crippen LogP contribution in [-0.2, 0) is 0 Å². The summed E-state index contributed by atoms with van der Waals surface area (Å²) in [5.74, 6) is 0. The molecule has 0 unspecified atom stereocenters. The van der Waals surface area contributed by atoms with Gasteiger partial charge in [-0.05, 0) is 18.9 Å². The molecule has 0 aliphatic rings. The molecule has 0 saturated carbocycles. The van der Waals surface area contributed by atoms with Crippen LogP contribution in [0.2, 0.25) is 0 Å². The second-order valence-electron chi connectivity index (χ2n) is 1.72. The molecule has 1 aromatic carbocycles. The highest BCUT2D eigenvalue weighted by atomic mass is 14.7. The van der Waals surface area contributed by atoms with E-state index in [9.17, 15) is 0 Å². The van der Waals surface area contributed by atoms with Crippen LogP contribution < -0.4 is 5.73 Å². The molecule has 0 heterocycles. The van der Waals surface area contributed by atoms with E-state index in [0.717, 1.165) is 5.69 Å². The van der Waals surface area contributed by atoms with Crippen molar-refractivity contribution in [2.24, 2.45) is 4.99 Å². The summed E-state index contributed by atoms with van der Waals surface area (Å²) in [6.45, 7) is 7.36. The predicted molar refractivity (Wildman–Crippen MR) is 51.4 cm³/mol. The molecule has 0 atom stereocenters. The summed E-state index contributed by atoms with van der Waals surface area (Å²) in [6.07, 6.45) is 0. The minimum absolute atomic E-state index is 0.674. The summed E-state index contributed by atoms with van der Waals surface area (Å²) in [4.78, 5) is 3.70. The van der Waals surface area contributed by atoms with Crippen molar-refractivity contribution in [1.82, 2.24) is 0 Å². The van der Waals surface area contributed by atoms with Crippen molar-refractivity contribution in [3.63, 3.8) is 0 Å². The van der Waals surface area contributed by atoms with Gasteiger partial charge in [-0.3, -0.25) is 4.99 Å². The van der Waals surface area contributed by atoms with Crippen molar-refractivity contribution >= 4 is 18.1 Å². The molecule has 0 spiro atoms. The maximum atomic E-state index is 5.50. The van der Waals surface area contributed by atoms with E-state index in [1.807, 2.05) is 32.0 Å². The molecule has 11 heavy (non-hydrogen) atoms. The Kier molecular flexibility index (Phi) is 4.82. The molecule has 1 rings (SSSR count). The molecule has 0 fully saturated rings. The first-order valence-electron chi connectivity index (χ1n) is 3.66. The van der Waals surface area contributed by atoms with E-state index in [4.69, 9.17) is 5.73 Å². The van der Waals surface area contributed by atoms with Gasteiger partial charge in [-0.15, -0.1) is 0 Å². The molecule has 60 valence electrons. The molecule has 2 N–H and O–H groups in total. The normalized spacial score (nSPS) is 7.82. The molecule has 0 aliphatic carbocycles. The number of hydrogen-bond acceptors (Lipinski definition) is 2. The summed E-state index contributed by atoms with van der Waals surface area (Å²) in [7, 11) is 0. The molecular formula is C9H14N2. The quantitative estimate of drug-likeness (QED) is 0.485. The van der Waals surface area contributed by atoms with Crippen molar-refractivity contribution in [2.45, 2.75) is 13.8 Å². The van der Waals surface area contributed by atoms with Gasteiger partial charge in [0.1, 0.15) is 0 Å². The molecular weight excluding hydrogens is 136 g/mol. The van der Waals surface area contributed by atoms with E-state index in [2.05, 4.69) is 11.7 Å². The first kappa shape index (κ1) is 9.69. The predicted octanol–water partition coefficient (Wildman–Crippen LogP) is 2.63. The van der Waals surface area contributed by atoms with Gasteiger partial charge in [0.25, 0.3) is 0 Å². The standard InChI is InChI=1S/C7H8N2.C2H6/c1-9-7-5-3-2-4-6(7)8;1-2/h2-5H,1,8H2;1-2H3. The van der Waals surface area contributed by atoms with E-state index in [0.29, 0.717) is 5.69 Å². The lowest BCUT2D eigenvalue weighted by atomic mass is 10.3. The number of nitrogens with two attached hydrogens (primary N) is 1. The molecule has 0 aromatic heterocycles. The molecule has 2 nitrogen and oxygen atoms in total. The number of benzene rings is 1. The Hall–Kier alpha value is -1.31. The average Bonchev–Trinajstić information content (AvgIpc) is 2.09. The number of hydrogen-bond donors (Lipinski definition) is 1. The van der Waals surface area contributed by atoms with Crippen LogP contribution in [-0.4, -0.2) is 6.72 Å². The minimum atomic E-state index is 0.674. The van der Waals surface area contributed by atoms with Gasteiger partial charge >= 0.3 is 0 Å². The Morgan fingerprint density at radius 1 is 1.27 bits per heavy atom. The highest BCUT2D eigenvalue weighted by Gasteiger charge is 1.88. The third-order valence-corrected chi connectivity index (χ3v) is 1.11. The first-order chi connectivity index (χ1) is 5.34. The molecule has 0 radical (unpaired) electrons. The van der Waals surface area contributed by atoms with E-state index in [1.165, 1.54) is 0 Å². The van der Waals surface area contributed by atoms with Crippen LogP contribution in [0.5, 0.6) is 0 Å². The lowest BCUT2D eigenvalue weighted by Crippen LogP contribution is -1.82. The van der Waals surface area contributed by atoms with E-state index in [1.54, 1.807) is 6.07 Å². The summed E-state index contributed by atoms with van der Waals surface area (Å²) >= 11 is 0. The van der Waals surface area contributed by atoms with Crippen LogP contribution in [0.3, 0.4) is 0 Å². The Bertz CT molecular complexity index is 219. The monoisotopic (exact) mass is 150 g/mol. The zero-order chi connectivity index (χ0) is 8.69. The van der Waals surface area contributed by atoms with Gasteiger partial charge in [0.2, 0.25) is 0 Å². The van der Waals surface area contributed by atoms with Crippen LogP contribution in [0.4, 0.5) is 11.4 Å². The fourth-order valence-corrected chi connectivity index (χ4v) is 0.632. The first-order valence-corrected chi connectivity index (χ1v) is 3.66. The van der Waals surface area contributed by atoms with Gasteiger partial charge in [-0.2, -0.15) is 0 Å². The number of rotatable bonds is 1. The fourth-order valence-electron chi connectivity index (χ4n) is 0.632.